The van der Waals surface area contributed by atoms with E-state index < -0.39 is 18.8 Å². The topological polar surface area (TPSA) is 51.1 Å². The first-order valence-electron chi connectivity index (χ1n) is 7.01. The number of aliphatic imine (C=N–C) groups is 1. The highest BCUT2D eigenvalue weighted by Gasteiger charge is 2.38. The fourth-order valence-corrected chi connectivity index (χ4v) is 2.66. The molecule has 2 rings (SSSR count). The van der Waals surface area contributed by atoms with Crippen molar-refractivity contribution in [3.8, 4) is 0 Å². The summed E-state index contributed by atoms with van der Waals surface area (Å²) in [6, 6.07) is 0.395. The molecule has 120 valence electrons. The van der Waals surface area contributed by atoms with Gasteiger partial charge >= 0.3 is 6.18 Å². The molecule has 0 spiro atoms. The molecule has 2 unspecified atom stereocenters. The Balaban J connectivity index is 1.82. The second-order valence-electron chi connectivity index (χ2n) is 5.30. The Hall–Kier alpha value is -1.28. The van der Waals surface area contributed by atoms with Gasteiger partial charge in [-0.3, -0.25) is 9.89 Å². The lowest BCUT2D eigenvalue weighted by molar-refractivity contribution is -0.201. The SMILES string of the molecule is CN=C(NCC(O)C(F)(F)F)N1CCC(N2CC=CC2)C1. The number of halogens is 3. The minimum atomic E-state index is -4.61. The summed E-state index contributed by atoms with van der Waals surface area (Å²) in [6.45, 7) is 2.77. The molecular weight excluding hydrogens is 285 g/mol. The van der Waals surface area contributed by atoms with Crippen LogP contribution in [0, 0.1) is 0 Å². The number of aliphatic hydroxyl groups is 1. The van der Waals surface area contributed by atoms with Gasteiger partial charge in [-0.1, -0.05) is 12.2 Å². The number of guanidine groups is 1. The summed E-state index contributed by atoms with van der Waals surface area (Å²) in [5.41, 5.74) is 0. The van der Waals surface area contributed by atoms with Gasteiger partial charge in [0.25, 0.3) is 0 Å². The zero-order valence-corrected chi connectivity index (χ0v) is 12.0. The van der Waals surface area contributed by atoms with Crippen LogP contribution in [0.3, 0.4) is 0 Å². The Kier molecular flexibility index (Phi) is 5.10. The van der Waals surface area contributed by atoms with Crippen molar-refractivity contribution < 1.29 is 18.3 Å². The average Bonchev–Trinajstić information content (AvgIpc) is 3.08. The summed E-state index contributed by atoms with van der Waals surface area (Å²) >= 11 is 0. The smallest absolute Gasteiger partial charge is 0.382 e. The van der Waals surface area contributed by atoms with E-state index in [1.807, 2.05) is 4.90 Å². The van der Waals surface area contributed by atoms with Gasteiger partial charge in [-0.05, 0) is 6.42 Å². The van der Waals surface area contributed by atoms with Gasteiger partial charge in [0.1, 0.15) is 0 Å². The van der Waals surface area contributed by atoms with Gasteiger partial charge in [0.15, 0.2) is 12.1 Å². The molecule has 0 bridgehead atoms. The zero-order valence-electron chi connectivity index (χ0n) is 12.0. The third-order valence-electron chi connectivity index (χ3n) is 3.87. The maximum atomic E-state index is 12.3. The Labute approximate surface area is 122 Å². The Morgan fingerprint density at radius 1 is 1.43 bits per heavy atom. The van der Waals surface area contributed by atoms with Gasteiger partial charge in [-0.15, -0.1) is 0 Å². The van der Waals surface area contributed by atoms with Gasteiger partial charge in [-0.25, -0.2) is 0 Å². The molecule has 0 aromatic carbocycles. The van der Waals surface area contributed by atoms with Crippen LogP contribution in [0.15, 0.2) is 17.1 Å². The molecule has 2 aliphatic rings. The summed E-state index contributed by atoms with van der Waals surface area (Å²) in [7, 11) is 1.53. The van der Waals surface area contributed by atoms with Crippen LogP contribution in [-0.2, 0) is 0 Å². The molecule has 8 heteroatoms. The van der Waals surface area contributed by atoms with Crippen LogP contribution >= 0.6 is 0 Å². The molecule has 2 N–H and O–H groups in total. The van der Waals surface area contributed by atoms with Crippen LogP contribution in [0.25, 0.3) is 0 Å². The van der Waals surface area contributed by atoms with Crippen LogP contribution in [0.2, 0.25) is 0 Å². The molecule has 2 atom stereocenters. The Morgan fingerprint density at radius 2 is 2.10 bits per heavy atom. The Bertz CT molecular complexity index is 403. The normalized spacial score (nSPS) is 25.7. The molecule has 0 saturated carbocycles. The van der Waals surface area contributed by atoms with E-state index in [2.05, 4.69) is 27.4 Å². The van der Waals surface area contributed by atoms with Gasteiger partial charge in [0.2, 0.25) is 0 Å². The van der Waals surface area contributed by atoms with E-state index in [1.54, 1.807) is 0 Å². The van der Waals surface area contributed by atoms with Gasteiger partial charge in [-0.2, -0.15) is 13.2 Å². The van der Waals surface area contributed by atoms with E-state index in [1.165, 1.54) is 7.05 Å². The van der Waals surface area contributed by atoms with Crippen LogP contribution in [0.4, 0.5) is 13.2 Å². The molecule has 0 amide bonds. The minimum absolute atomic E-state index is 0.395. The standard InChI is InChI=1S/C13H21F3N4O/c1-17-12(18-8-11(21)13(14,15)16)20-7-4-10(9-20)19-5-2-3-6-19/h2-3,10-11,21H,4-9H2,1H3,(H,17,18). The third-order valence-corrected chi connectivity index (χ3v) is 3.87. The van der Waals surface area contributed by atoms with Crippen molar-refractivity contribution >= 4 is 5.96 Å². The zero-order chi connectivity index (χ0) is 15.5. The molecule has 1 fully saturated rings. The fraction of sp³-hybridized carbons (Fsp3) is 0.769. The number of nitrogens with one attached hydrogen (secondary N) is 1. The van der Waals surface area contributed by atoms with Crippen molar-refractivity contribution in [3.05, 3.63) is 12.2 Å². The summed E-state index contributed by atoms with van der Waals surface area (Å²) in [5, 5.41) is 11.6. The molecule has 0 aromatic rings. The third kappa shape index (κ3) is 4.10. The summed E-state index contributed by atoms with van der Waals surface area (Å²) < 4.78 is 36.9. The fourth-order valence-electron chi connectivity index (χ4n) is 2.66. The van der Waals surface area contributed by atoms with Gasteiger partial charge in [0, 0.05) is 39.3 Å². The van der Waals surface area contributed by atoms with Crippen molar-refractivity contribution in [3.63, 3.8) is 0 Å². The molecule has 1 saturated heterocycles. The van der Waals surface area contributed by atoms with Crippen LogP contribution < -0.4 is 5.32 Å². The van der Waals surface area contributed by atoms with E-state index in [0.29, 0.717) is 12.0 Å². The van der Waals surface area contributed by atoms with Gasteiger partial charge in [0.05, 0.1) is 6.54 Å². The van der Waals surface area contributed by atoms with Crippen molar-refractivity contribution in [2.24, 2.45) is 4.99 Å². The van der Waals surface area contributed by atoms with E-state index in [0.717, 1.165) is 32.6 Å². The molecule has 2 heterocycles. The lowest BCUT2D eigenvalue weighted by atomic mass is 10.2. The van der Waals surface area contributed by atoms with E-state index >= 15 is 0 Å². The van der Waals surface area contributed by atoms with E-state index in [9.17, 15) is 13.2 Å². The summed E-state index contributed by atoms with van der Waals surface area (Å²) in [6.07, 6.45) is -1.79. The van der Waals surface area contributed by atoms with E-state index in [-0.39, 0.29) is 0 Å². The van der Waals surface area contributed by atoms with Crippen LogP contribution in [0.5, 0.6) is 0 Å². The second kappa shape index (κ2) is 6.65. The molecule has 0 aromatic heterocycles. The maximum absolute atomic E-state index is 12.3. The lowest BCUT2D eigenvalue weighted by Gasteiger charge is -2.26. The largest absolute Gasteiger partial charge is 0.416 e. The van der Waals surface area contributed by atoms with Gasteiger partial charge < -0.3 is 15.3 Å². The van der Waals surface area contributed by atoms with Crippen molar-refractivity contribution in [2.45, 2.75) is 24.7 Å². The molecule has 0 aliphatic carbocycles. The number of hydrogen-bond donors (Lipinski definition) is 2. The van der Waals surface area contributed by atoms with Crippen molar-refractivity contribution in [2.75, 3.05) is 39.8 Å². The number of likely N-dealkylation sites (tertiary alicyclic amines) is 1. The maximum Gasteiger partial charge on any atom is 0.416 e. The summed E-state index contributed by atoms with van der Waals surface area (Å²) in [4.78, 5) is 8.27. The first-order valence-corrected chi connectivity index (χ1v) is 7.01. The molecule has 0 radical (unpaired) electrons. The second-order valence-corrected chi connectivity index (χ2v) is 5.30. The first kappa shape index (κ1) is 16.1. The van der Waals surface area contributed by atoms with Crippen LogP contribution in [0.1, 0.15) is 6.42 Å². The van der Waals surface area contributed by atoms with E-state index in [4.69, 9.17) is 5.11 Å². The lowest BCUT2D eigenvalue weighted by Crippen LogP contribution is -2.47. The molecular formula is C13H21F3N4O. The predicted molar refractivity (Wildman–Crippen MR) is 74.1 cm³/mol. The molecule has 2 aliphatic heterocycles. The number of rotatable bonds is 3. The predicted octanol–water partition coefficient (Wildman–Crippen LogP) is 0.431. The quantitative estimate of drug-likeness (QED) is 0.451. The molecule has 21 heavy (non-hydrogen) atoms. The highest BCUT2D eigenvalue weighted by Crippen LogP contribution is 2.20. The Morgan fingerprint density at radius 3 is 2.67 bits per heavy atom. The monoisotopic (exact) mass is 306 g/mol. The molecule has 5 nitrogen and oxygen atoms in total. The number of hydrogen-bond acceptors (Lipinski definition) is 3. The number of aliphatic hydroxyl groups excluding tert-OH is 1. The van der Waals surface area contributed by atoms with Crippen molar-refractivity contribution in [1.29, 1.82) is 0 Å². The number of alkyl halides is 3. The summed E-state index contributed by atoms with van der Waals surface area (Å²) in [5.74, 6) is 0.410. The first-order chi connectivity index (χ1) is 9.91. The average molecular weight is 306 g/mol. The number of nitrogens with zero attached hydrogens (tertiary/aromatic N) is 3. The highest BCUT2D eigenvalue weighted by atomic mass is 19.4. The minimum Gasteiger partial charge on any atom is -0.382 e. The van der Waals surface area contributed by atoms with Crippen molar-refractivity contribution in [1.82, 2.24) is 15.1 Å². The highest BCUT2D eigenvalue weighted by molar-refractivity contribution is 5.80. The van der Waals surface area contributed by atoms with Crippen LogP contribution in [-0.4, -0.2) is 79.0 Å².